The number of hydrogen-bond donors (Lipinski definition) is 2. The monoisotopic (exact) mass is 301 g/mol. The number of ether oxygens (including phenoxy) is 1. The first-order valence-corrected chi connectivity index (χ1v) is 8.13. The van der Waals surface area contributed by atoms with Crippen molar-refractivity contribution in [1.29, 1.82) is 0 Å². The van der Waals surface area contributed by atoms with E-state index in [1.54, 1.807) is 7.11 Å². The summed E-state index contributed by atoms with van der Waals surface area (Å²) in [5.74, 6) is 0.318. The van der Waals surface area contributed by atoms with Gasteiger partial charge in [0.1, 0.15) is 5.84 Å². The van der Waals surface area contributed by atoms with E-state index in [0.29, 0.717) is 11.9 Å². The van der Waals surface area contributed by atoms with Gasteiger partial charge in [-0.3, -0.25) is 4.90 Å². The third-order valence-electron chi connectivity index (χ3n) is 4.34. The first-order valence-electron chi connectivity index (χ1n) is 8.13. The highest BCUT2D eigenvalue weighted by molar-refractivity contribution is 5.85. The van der Waals surface area contributed by atoms with Crippen LogP contribution in [0.4, 0.5) is 0 Å². The zero-order chi connectivity index (χ0) is 16.3. The Morgan fingerprint density at radius 1 is 1.24 bits per heavy atom. The molecule has 126 valence electrons. The molecule has 0 spiro atoms. The molecule has 0 bridgehead atoms. The fourth-order valence-electron chi connectivity index (χ4n) is 2.64. The molecule has 0 atom stereocenters. The van der Waals surface area contributed by atoms with Crippen LogP contribution in [0.15, 0.2) is 5.16 Å². The van der Waals surface area contributed by atoms with E-state index in [2.05, 4.69) is 23.9 Å². The molecule has 0 aliphatic carbocycles. The maximum Gasteiger partial charge on any atom is 0.144 e. The lowest BCUT2D eigenvalue weighted by molar-refractivity contribution is 0.113. The number of nitrogens with two attached hydrogens (primary N) is 1. The highest BCUT2D eigenvalue weighted by atomic mass is 16.5. The van der Waals surface area contributed by atoms with Crippen LogP contribution < -0.4 is 5.73 Å². The van der Waals surface area contributed by atoms with Crippen LogP contribution in [0.2, 0.25) is 0 Å². The zero-order valence-corrected chi connectivity index (χ0v) is 14.6. The van der Waals surface area contributed by atoms with Crippen LogP contribution in [-0.4, -0.2) is 48.8 Å². The van der Waals surface area contributed by atoms with Gasteiger partial charge in [0.05, 0.1) is 6.61 Å². The van der Waals surface area contributed by atoms with Gasteiger partial charge in [0.25, 0.3) is 0 Å². The maximum atomic E-state index is 8.79. The van der Waals surface area contributed by atoms with Gasteiger partial charge < -0.3 is 15.7 Å². The molecular formula is C16H35N3O2. The van der Waals surface area contributed by atoms with Crippen molar-refractivity contribution in [1.82, 2.24) is 4.90 Å². The van der Waals surface area contributed by atoms with Crippen LogP contribution in [0.1, 0.15) is 59.8 Å². The van der Waals surface area contributed by atoms with Crippen LogP contribution in [0, 0.1) is 5.41 Å². The van der Waals surface area contributed by atoms with Gasteiger partial charge in [-0.05, 0) is 32.2 Å². The Labute approximate surface area is 130 Å². The van der Waals surface area contributed by atoms with Gasteiger partial charge in [0.2, 0.25) is 0 Å². The van der Waals surface area contributed by atoms with E-state index in [0.717, 1.165) is 39.0 Å². The fourth-order valence-corrected chi connectivity index (χ4v) is 2.64. The second kappa shape index (κ2) is 10.9. The molecular weight excluding hydrogens is 266 g/mol. The molecule has 0 heterocycles. The zero-order valence-electron chi connectivity index (χ0n) is 14.6. The van der Waals surface area contributed by atoms with Crippen molar-refractivity contribution >= 4 is 5.84 Å². The summed E-state index contributed by atoms with van der Waals surface area (Å²) in [6, 6.07) is 0.636. The van der Waals surface area contributed by atoms with Crippen molar-refractivity contribution in [3.63, 3.8) is 0 Å². The fraction of sp³-hybridized carbons (Fsp3) is 0.938. The summed E-state index contributed by atoms with van der Waals surface area (Å²) in [4.78, 5) is 2.53. The third kappa shape index (κ3) is 7.67. The highest BCUT2D eigenvalue weighted by Gasteiger charge is 2.23. The van der Waals surface area contributed by atoms with Gasteiger partial charge >= 0.3 is 0 Å². The van der Waals surface area contributed by atoms with Crippen molar-refractivity contribution in [3.8, 4) is 0 Å². The minimum Gasteiger partial charge on any atom is -0.409 e. The van der Waals surface area contributed by atoms with Crippen LogP contribution in [-0.2, 0) is 4.74 Å². The van der Waals surface area contributed by atoms with Crippen LogP contribution in [0.3, 0.4) is 0 Å². The minimum atomic E-state index is -0.235. The summed E-state index contributed by atoms with van der Waals surface area (Å²) >= 11 is 0. The number of amidine groups is 1. The van der Waals surface area contributed by atoms with E-state index in [1.165, 1.54) is 12.8 Å². The maximum absolute atomic E-state index is 8.79. The molecule has 5 nitrogen and oxygen atoms in total. The van der Waals surface area contributed by atoms with Crippen LogP contribution in [0.5, 0.6) is 0 Å². The number of hydrogen-bond acceptors (Lipinski definition) is 4. The summed E-state index contributed by atoms with van der Waals surface area (Å²) in [6.07, 6.45) is 5.49. The molecule has 0 saturated heterocycles. The number of unbranched alkanes of at least 4 members (excludes halogenated alkanes) is 1. The van der Waals surface area contributed by atoms with E-state index >= 15 is 0 Å². The van der Waals surface area contributed by atoms with Gasteiger partial charge in [-0.1, -0.05) is 39.3 Å². The Balaban J connectivity index is 4.24. The number of methoxy groups -OCH3 is 1. The summed E-state index contributed by atoms with van der Waals surface area (Å²) < 4.78 is 5.22. The molecule has 0 aliphatic heterocycles. The van der Waals surface area contributed by atoms with Gasteiger partial charge in [-0.15, -0.1) is 0 Å². The molecule has 0 aromatic rings. The average Bonchev–Trinajstić information content (AvgIpc) is 2.48. The van der Waals surface area contributed by atoms with Crippen LogP contribution >= 0.6 is 0 Å². The van der Waals surface area contributed by atoms with Crippen molar-refractivity contribution in [2.45, 2.75) is 65.8 Å². The second-order valence-corrected chi connectivity index (χ2v) is 6.33. The molecule has 0 unspecified atom stereocenters. The normalized spacial score (nSPS) is 13.4. The Morgan fingerprint density at radius 3 is 2.33 bits per heavy atom. The molecule has 5 heteroatoms. The van der Waals surface area contributed by atoms with Gasteiger partial charge in [0, 0.05) is 25.1 Å². The SMILES string of the molecule is CCC(CC)N(CCCCC(C)(C)C(N)=NO)CCOC. The molecule has 0 rings (SSSR count). The van der Waals surface area contributed by atoms with Crippen molar-refractivity contribution in [2.24, 2.45) is 16.3 Å². The molecule has 0 aliphatic rings. The van der Waals surface area contributed by atoms with Gasteiger partial charge in [0.15, 0.2) is 0 Å². The predicted molar refractivity (Wildman–Crippen MR) is 88.9 cm³/mol. The third-order valence-corrected chi connectivity index (χ3v) is 4.34. The van der Waals surface area contributed by atoms with E-state index in [9.17, 15) is 0 Å². The highest BCUT2D eigenvalue weighted by Crippen LogP contribution is 2.23. The van der Waals surface area contributed by atoms with E-state index in [-0.39, 0.29) is 5.41 Å². The summed E-state index contributed by atoms with van der Waals surface area (Å²) in [5, 5.41) is 11.9. The molecule has 3 N–H and O–H groups in total. The van der Waals surface area contributed by atoms with E-state index < -0.39 is 0 Å². The quantitative estimate of drug-likeness (QED) is 0.191. The summed E-state index contributed by atoms with van der Waals surface area (Å²) in [5.41, 5.74) is 5.49. The lowest BCUT2D eigenvalue weighted by atomic mass is 9.86. The molecule has 0 fully saturated rings. The molecule has 0 aromatic heterocycles. The average molecular weight is 301 g/mol. The first kappa shape index (κ1) is 20.2. The Hall–Kier alpha value is -0.810. The Bertz CT molecular complexity index is 289. The van der Waals surface area contributed by atoms with Crippen molar-refractivity contribution < 1.29 is 9.94 Å². The molecule has 0 amide bonds. The van der Waals surface area contributed by atoms with Crippen LogP contribution in [0.25, 0.3) is 0 Å². The predicted octanol–water partition coefficient (Wildman–Crippen LogP) is 3.07. The lowest BCUT2D eigenvalue weighted by Crippen LogP contribution is -2.38. The topological polar surface area (TPSA) is 71.1 Å². The van der Waals surface area contributed by atoms with Crippen molar-refractivity contribution in [3.05, 3.63) is 0 Å². The number of rotatable bonds is 12. The van der Waals surface area contributed by atoms with E-state index in [4.69, 9.17) is 15.7 Å². The summed E-state index contributed by atoms with van der Waals surface area (Å²) in [6.45, 7) is 11.4. The molecule has 0 radical (unpaired) electrons. The van der Waals surface area contributed by atoms with Crippen molar-refractivity contribution in [2.75, 3.05) is 26.8 Å². The smallest absolute Gasteiger partial charge is 0.144 e. The first-order chi connectivity index (χ1) is 9.92. The van der Waals surface area contributed by atoms with Gasteiger partial charge in [-0.2, -0.15) is 0 Å². The number of nitrogens with zero attached hydrogens (tertiary/aromatic N) is 2. The Kier molecular flexibility index (Phi) is 10.4. The van der Waals surface area contributed by atoms with E-state index in [1.807, 2.05) is 13.8 Å². The molecule has 0 saturated carbocycles. The molecule has 21 heavy (non-hydrogen) atoms. The molecule has 0 aromatic carbocycles. The largest absolute Gasteiger partial charge is 0.409 e. The second-order valence-electron chi connectivity index (χ2n) is 6.33. The number of oxime groups is 1. The van der Waals surface area contributed by atoms with Gasteiger partial charge in [-0.25, -0.2) is 0 Å². The minimum absolute atomic E-state index is 0.235. The lowest BCUT2D eigenvalue weighted by Gasteiger charge is -2.30. The Morgan fingerprint density at radius 2 is 1.86 bits per heavy atom. The standard InChI is InChI=1S/C16H35N3O2/c1-6-14(7-2)19(12-13-21-5)11-9-8-10-16(3,4)15(17)18-20/h14,20H,6-13H2,1-5H3,(H2,17,18). The summed E-state index contributed by atoms with van der Waals surface area (Å²) in [7, 11) is 1.75.